The topological polar surface area (TPSA) is 100 Å². The van der Waals surface area contributed by atoms with Gasteiger partial charge in [-0.1, -0.05) is 82.6 Å². The number of ether oxygens (including phenoxy) is 2. The lowest BCUT2D eigenvalue weighted by Crippen LogP contribution is -2.33. The van der Waals surface area contributed by atoms with Crippen molar-refractivity contribution < 1.29 is 23.9 Å². The number of rotatable bonds is 19. The van der Waals surface area contributed by atoms with Crippen LogP contribution in [0, 0.1) is 5.92 Å². The van der Waals surface area contributed by atoms with Crippen LogP contribution in [0.3, 0.4) is 0 Å². The van der Waals surface area contributed by atoms with Crippen LogP contribution in [-0.2, 0) is 27.4 Å². The molecule has 1 aliphatic carbocycles. The van der Waals surface area contributed by atoms with Gasteiger partial charge in [-0.2, -0.15) is 0 Å². The fraction of sp³-hybridized carbons (Fsp3) is 0.719. The zero-order valence-electron chi connectivity index (χ0n) is 25.8. The van der Waals surface area contributed by atoms with E-state index in [2.05, 4.69) is 29.5 Å². The first kappa shape index (κ1) is 34.4. The lowest BCUT2D eigenvalue weighted by atomic mass is 9.87. The molecule has 0 heterocycles. The van der Waals surface area contributed by atoms with E-state index in [1.165, 1.54) is 57.8 Å². The highest BCUT2D eigenvalue weighted by molar-refractivity contribution is 5.76. The molecule has 0 aromatic heterocycles. The summed E-state index contributed by atoms with van der Waals surface area (Å²) in [5.74, 6) is 0.608. The number of hydrogen-bond donors (Lipinski definition) is 2. The fourth-order valence-corrected chi connectivity index (χ4v) is 5.06. The van der Waals surface area contributed by atoms with E-state index < -0.39 is 12.2 Å². The minimum atomic E-state index is -0.522. The molecule has 1 aromatic rings. The van der Waals surface area contributed by atoms with Gasteiger partial charge in [0.05, 0.1) is 6.54 Å². The first-order valence-corrected chi connectivity index (χ1v) is 15.7. The molecule has 0 atom stereocenters. The summed E-state index contributed by atoms with van der Waals surface area (Å²) in [5.41, 5.74) is 1.80. The quantitative estimate of drug-likeness (QED) is 0.201. The van der Waals surface area contributed by atoms with E-state index >= 15 is 0 Å². The Morgan fingerprint density at radius 1 is 0.805 bits per heavy atom. The first-order chi connectivity index (χ1) is 19.9. The molecule has 2 rings (SSSR count). The molecular weight excluding hydrogens is 520 g/mol. The first-order valence-electron chi connectivity index (χ1n) is 15.7. The Kier molecular flexibility index (Phi) is 17.6. The molecule has 0 bridgehead atoms. The second-order valence-electron chi connectivity index (χ2n) is 11.4. The van der Waals surface area contributed by atoms with Gasteiger partial charge in [0.15, 0.2) is 0 Å². The molecule has 9 heteroatoms. The van der Waals surface area contributed by atoms with Crippen molar-refractivity contribution in [1.82, 2.24) is 20.4 Å². The number of likely N-dealkylation sites (N-methyl/N-ethyl adjacent to an activating group) is 2. The van der Waals surface area contributed by atoms with Crippen LogP contribution in [0.15, 0.2) is 24.3 Å². The second-order valence-corrected chi connectivity index (χ2v) is 11.4. The van der Waals surface area contributed by atoms with E-state index in [1.54, 1.807) is 11.9 Å². The van der Waals surface area contributed by atoms with Crippen molar-refractivity contribution in [3.8, 4) is 0 Å². The van der Waals surface area contributed by atoms with Crippen LogP contribution in [0.1, 0.15) is 95.1 Å². The molecule has 1 aromatic carbocycles. The van der Waals surface area contributed by atoms with Gasteiger partial charge in [-0.05, 0) is 49.9 Å². The third-order valence-electron chi connectivity index (χ3n) is 7.74. The van der Waals surface area contributed by atoms with Crippen molar-refractivity contribution in [2.75, 3.05) is 46.9 Å². The third kappa shape index (κ3) is 16.3. The molecule has 232 valence electrons. The Hall–Kier alpha value is -2.81. The third-order valence-corrected chi connectivity index (χ3v) is 7.74. The molecule has 0 saturated heterocycles. The van der Waals surface area contributed by atoms with E-state index in [1.807, 2.05) is 24.3 Å². The van der Waals surface area contributed by atoms with Gasteiger partial charge in [0.25, 0.3) is 0 Å². The number of nitrogens with zero attached hydrogens (tertiary/aromatic N) is 2. The van der Waals surface area contributed by atoms with Crippen molar-refractivity contribution in [3.63, 3.8) is 0 Å². The van der Waals surface area contributed by atoms with Crippen molar-refractivity contribution >= 4 is 18.1 Å². The fourth-order valence-electron chi connectivity index (χ4n) is 5.06. The SMILES string of the molecule is CCCCCCCCN(C)CCOC(=O)NCc1cccc(CNC(=O)OCCN(C)C(=O)CC2CCCCC2)c1. The van der Waals surface area contributed by atoms with Gasteiger partial charge in [-0.25, -0.2) is 9.59 Å². The Balaban J connectivity index is 1.55. The van der Waals surface area contributed by atoms with Gasteiger partial charge in [0, 0.05) is 33.1 Å². The maximum atomic E-state index is 12.4. The number of carbonyl (C=O) groups excluding carboxylic acids is 3. The predicted octanol–water partition coefficient (Wildman–Crippen LogP) is 5.86. The number of nitrogens with one attached hydrogen (secondary N) is 2. The summed E-state index contributed by atoms with van der Waals surface area (Å²) in [4.78, 5) is 40.5. The minimum absolute atomic E-state index is 0.117. The van der Waals surface area contributed by atoms with Crippen molar-refractivity contribution in [2.45, 2.75) is 97.1 Å². The maximum Gasteiger partial charge on any atom is 0.407 e. The molecule has 2 N–H and O–H groups in total. The lowest BCUT2D eigenvalue weighted by molar-refractivity contribution is -0.131. The molecular formula is C32H54N4O5. The van der Waals surface area contributed by atoms with E-state index in [0.717, 1.165) is 30.5 Å². The highest BCUT2D eigenvalue weighted by atomic mass is 16.6. The van der Waals surface area contributed by atoms with Crippen molar-refractivity contribution in [3.05, 3.63) is 35.4 Å². The number of hydrogen-bond acceptors (Lipinski definition) is 6. The standard InChI is InChI=1S/C32H54N4O5/c1-4-5-6-7-8-12-18-35(2)19-21-40-31(38)33-25-28-16-13-17-29(23-28)26-34-32(39)41-22-20-36(3)30(37)24-27-14-10-9-11-15-27/h13,16-17,23,27H,4-12,14-15,18-22,24-26H2,1-3H3,(H,33,38)(H,34,39). The van der Waals surface area contributed by atoms with Gasteiger partial charge in [0.2, 0.25) is 5.91 Å². The van der Waals surface area contributed by atoms with Crippen LogP contribution in [0.2, 0.25) is 0 Å². The average Bonchev–Trinajstić information content (AvgIpc) is 2.97. The van der Waals surface area contributed by atoms with Crippen molar-refractivity contribution in [2.24, 2.45) is 5.92 Å². The Labute approximate surface area is 247 Å². The summed E-state index contributed by atoms with van der Waals surface area (Å²) >= 11 is 0. The van der Waals surface area contributed by atoms with E-state index in [0.29, 0.717) is 45.1 Å². The number of alkyl carbamates (subject to hydrolysis) is 2. The summed E-state index contributed by atoms with van der Waals surface area (Å²) in [6.07, 6.45) is 13.2. The molecule has 0 spiro atoms. The molecule has 0 unspecified atom stereocenters. The van der Waals surface area contributed by atoms with E-state index in [-0.39, 0.29) is 12.5 Å². The highest BCUT2D eigenvalue weighted by Crippen LogP contribution is 2.26. The molecule has 1 saturated carbocycles. The van der Waals surface area contributed by atoms with Gasteiger partial charge < -0.3 is 29.9 Å². The number of carbonyl (C=O) groups is 3. The van der Waals surface area contributed by atoms with Crippen LogP contribution < -0.4 is 10.6 Å². The van der Waals surface area contributed by atoms with Gasteiger partial charge >= 0.3 is 12.2 Å². The molecule has 3 amide bonds. The zero-order valence-corrected chi connectivity index (χ0v) is 25.8. The number of amides is 3. The van der Waals surface area contributed by atoms with Crippen LogP contribution in [-0.4, -0.2) is 74.8 Å². The molecule has 1 fully saturated rings. The van der Waals surface area contributed by atoms with Gasteiger partial charge in [-0.15, -0.1) is 0 Å². The predicted molar refractivity (Wildman–Crippen MR) is 163 cm³/mol. The number of benzene rings is 1. The summed E-state index contributed by atoms with van der Waals surface area (Å²) in [6, 6.07) is 7.62. The van der Waals surface area contributed by atoms with Crippen LogP contribution in [0.25, 0.3) is 0 Å². The summed E-state index contributed by atoms with van der Waals surface area (Å²) in [6.45, 7) is 5.49. The number of unbranched alkanes of at least 4 members (excludes halogenated alkanes) is 5. The summed E-state index contributed by atoms with van der Waals surface area (Å²) in [5, 5.41) is 5.53. The molecule has 0 radical (unpaired) electrons. The lowest BCUT2D eigenvalue weighted by Gasteiger charge is -2.24. The second kappa shape index (κ2) is 21.0. The molecule has 9 nitrogen and oxygen atoms in total. The average molecular weight is 575 g/mol. The Morgan fingerprint density at radius 3 is 2.02 bits per heavy atom. The Morgan fingerprint density at radius 2 is 1.39 bits per heavy atom. The van der Waals surface area contributed by atoms with Crippen LogP contribution >= 0.6 is 0 Å². The Bertz CT molecular complexity index is 891. The molecule has 41 heavy (non-hydrogen) atoms. The van der Waals surface area contributed by atoms with E-state index in [9.17, 15) is 14.4 Å². The molecule has 0 aliphatic heterocycles. The normalized spacial score (nSPS) is 13.6. The van der Waals surface area contributed by atoms with Gasteiger partial charge in [-0.3, -0.25) is 4.79 Å². The van der Waals surface area contributed by atoms with E-state index in [4.69, 9.17) is 9.47 Å². The van der Waals surface area contributed by atoms with Crippen LogP contribution in [0.5, 0.6) is 0 Å². The zero-order chi connectivity index (χ0) is 29.7. The van der Waals surface area contributed by atoms with Crippen LogP contribution in [0.4, 0.5) is 9.59 Å². The smallest absolute Gasteiger partial charge is 0.407 e. The summed E-state index contributed by atoms with van der Waals surface area (Å²) in [7, 11) is 3.82. The molecule has 1 aliphatic rings. The summed E-state index contributed by atoms with van der Waals surface area (Å²) < 4.78 is 10.6. The minimum Gasteiger partial charge on any atom is -0.448 e. The highest BCUT2D eigenvalue weighted by Gasteiger charge is 2.19. The largest absolute Gasteiger partial charge is 0.448 e. The van der Waals surface area contributed by atoms with Gasteiger partial charge in [0.1, 0.15) is 13.2 Å². The van der Waals surface area contributed by atoms with Crippen molar-refractivity contribution in [1.29, 1.82) is 0 Å². The maximum absolute atomic E-state index is 12.4. The monoisotopic (exact) mass is 574 g/mol.